The van der Waals surface area contributed by atoms with Crippen LogP contribution in [0.15, 0.2) is 36.4 Å². The third-order valence-electron chi connectivity index (χ3n) is 6.16. The van der Waals surface area contributed by atoms with Crippen molar-refractivity contribution in [3.63, 3.8) is 0 Å². The van der Waals surface area contributed by atoms with Gasteiger partial charge in [-0.3, -0.25) is 14.4 Å². The first-order valence-corrected chi connectivity index (χ1v) is 8.70. The topological polar surface area (TPSA) is 76.2 Å². The molecule has 9 heteroatoms. The molecule has 5 rings (SSSR count). The summed E-state index contributed by atoms with van der Waals surface area (Å²) in [7, 11) is 0. The number of alkyl halides is 3. The molecule has 6 nitrogen and oxygen atoms in total. The van der Waals surface area contributed by atoms with Crippen molar-refractivity contribution >= 4 is 23.5 Å². The first kappa shape index (κ1) is 17.4. The van der Waals surface area contributed by atoms with E-state index in [9.17, 15) is 27.6 Å². The predicted octanol–water partition coefficient (Wildman–Crippen LogP) is 2.08. The van der Waals surface area contributed by atoms with E-state index in [1.165, 1.54) is 13.0 Å². The van der Waals surface area contributed by atoms with E-state index in [2.05, 4.69) is 0 Å². The normalized spacial score (nSPS) is 37.3. The molecule has 2 saturated heterocycles. The van der Waals surface area contributed by atoms with E-state index in [1.807, 2.05) is 0 Å². The molecule has 1 spiro atoms. The summed E-state index contributed by atoms with van der Waals surface area (Å²) < 4.78 is 49.9. The summed E-state index contributed by atoms with van der Waals surface area (Å²) in [6.45, 7) is 1.19. The Morgan fingerprint density at radius 2 is 2.04 bits per heavy atom. The van der Waals surface area contributed by atoms with E-state index in [0.29, 0.717) is 0 Å². The van der Waals surface area contributed by atoms with Gasteiger partial charge < -0.3 is 9.47 Å². The molecule has 1 aromatic rings. The highest BCUT2D eigenvalue weighted by molar-refractivity contribution is 6.24. The fraction of sp³-hybridized carbons (Fsp3) is 0.421. The quantitative estimate of drug-likeness (QED) is 0.340. The fourth-order valence-corrected chi connectivity index (χ4v) is 4.97. The molecule has 0 bridgehead atoms. The van der Waals surface area contributed by atoms with E-state index >= 15 is 0 Å². The molecule has 4 aliphatic rings. The SMILES string of the molecule is CC(=O)OCC12C=CC3[C@H]4C(=O)N(c5cccc(C(F)(F)F)c5)C(=O)[C@H]4C31O2. The molecule has 146 valence electrons. The number of rotatable bonds is 3. The molecule has 28 heavy (non-hydrogen) atoms. The number of halogens is 3. The van der Waals surface area contributed by atoms with Crippen LogP contribution >= 0.6 is 0 Å². The number of benzene rings is 1. The second-order valence-corrected chi connectivity index (χ2v) is 7.51. The van der Waals surface area contributed by atoms with Crippen LogP contribution in [0.5, 0.6) is 0 Å². The Bertz CT molecular complexity index is 973. The third kappa shape index (κ3) is 1.89. The van der Waals surface area contributed by atoms with E-state index < -0.39 is 52.6 Å². The van der Waals surface area contributed by atoms with Crippen molar-refractivity contribution in [3.05, 3.63) is 42.0 Å². The summed E-state index contributed by atoms with van der Waals surface area (Å²) in [4.78, 5) is 37.8. The summed E-state index contributed by atoms with van der Waals surface area (Å²) >= 11 is 0. The third-order valence-corrected chi connectivity index (χ3v) is 6.16. The van der Waals surface area contributed by atoms with Gasteiger partial charge in [0.05, 0.1) is 23.1 Å². The summed E-state index contributed by atoms with van der Waals surface area (Å²) in [5.74, 6) is -3.45. The Hall–Kier alpha value is -2.68. The lowest BCUT2D eigenvalue weighted by Crippen LogP contribution is -2.57. The second kappa shape index (κ2) is 5.02. The smallest absolute Gasteiger partial charge is 0.416 e. The second-order valence-electron chi connectivity index (χ2n) is 7.51. The molecular weight excluding hydrogens is 379 g/mol. The van der Waals surface area contributed by atoms with Crippen LogP contribution in [0.25, 0.3) is 0 Å². The van der Waals surface area contributed by atoms with Crippen molar-refractivity contribution in [3.8, 4) is 0 Å². The van der Waals surface area contributed by atoms with Gasteiger partial charge in [-0.1, -0.05) is 18.2 Å². The average Bonchev–Trinajstić information content (AvgIpc) is 3.14. The van der Waals surface area contributed by atoms with E-state index in [4.69, 9.17) is 9.47 Å². The molecule has 1 aromatic carbocycles. The minimum atomic E-state index is -4.59. The van der Waals surface area contributed by atoms with Crippen LogP contribution in [-0.2, 0) is 30.0 Å². The predicted molar refractivity (Wildman–Crippen MR) is 86.7 cm³/mol. The molecule has 0 radical (unpaired) electrons. The van der Waals surface area contributed by atoms with Crippen molar-refractivity contribution in [1.29, 1.82) is 0 Å². The van der Waals surface area contributed by atoms with Gasteiger partial charge in [0.25, 0.3) is 0 Å². The standard InChI is InChI=1S/C19H14F3NO5/c1-9(24)27-8-17-6-5-12-13-14(18(12,17)28-17)16(26)23(15(13)25)11-4-2-3-10(7-11)19(20,21)22/h2-7,12-14H,8H2,1H3/t12?,13-,14+,17?,18?/m1/s1. The molecule has 2 heterocycles. The number of anilines is 1. The Morgan fingerprint density at radius 1 is 1.29 bits per heavy atom. The van der Waals surface area contributed by atoms with Crippen molar-refractivity contribution in [2.24, 2.45) is 17.8 Å². The average molecular weight is 393 g/mol. The number of ether oxygens (including phenoxy) is 2. The van der Waals surface area contributed by atoms with Crippen molar-refractivity contribution in [2.45, 2.75) is 24.3 Å². The van der Waals surface area contributed by atoms with Gasteiger partial charge in [-0.25, -0.2) is 4.90 Å². The van der Waals surface area contributed by atoms with E-state index in [1.54, 1.807) is 12.2 Å². The molecule has 0 aromatic heterocycles. The van der Waals surface area contributed by atoms with Crippen molar-refractivity contribution in [1.82, 2.24) is 0 Å². The van der Waals surface area contributed by atoms with Crippen LogP contribution in [-0.4, -0.2) is 35.6 Å². The highest BCUT2D eigenvalue weighted by Crippen LogP contribution is 2.75. The highest BCUT2D eigenvalue weighted by Gasteiger charge is 2.90. The van der Waals surface area contributed by atoms with Gasteiger partial charge in [0, 0.05) is 12.8 Å². The molecule has 2 amide bonds. The zero-order chi connectivity index (χ0) is 20.1. The maximum atomic E-state index is 13.0. The number of hydrogen-bond acceptors (Lipinski definition) is 5. The van der Waals surface area contributed by atoms with Crippen molar-refractivity contribution in [2.75, 3.05) is 11.5 Å². The van der Waals surface area contributed by atoms with Crippen LogP contribution in [0.2, 0.25) is 0 Å². The van der Waals surface area contributed by atoms with Gasteiger partial charge in [-0.05, 0) is 18.2 Å². The molecule has 3 unspecified atom stereocenters. The largest absolute Gasteiger partial charge is 0.462 e. The van der Waals surface area contributed by atoms with E-state index in [-0.39, 0.29) is 18.2 Å². The maximum absolute atomic E-state index is 13.0. The van der Waals surface area contributed by atoms with Gasteiger partial charge in [0.2, 0.25) is 11.8 Å². The fourth-order valence-electron chi connectivity index (χ4n) is 4.97. The van der Waals surface area contributed by atoms with Gasteiger partial charge in [-0.15, -0.1) is 0 Å². The number of carbonyl (C=O) groups excluding carboxylic acids is 3. The molecular formula is C19H14F3NO5. The molecule has 2 aliphatic carbocycles. The Kier molecular flexibility index (Phi) is 3.12. The lowest BCUT2D eigenvalue weighted by molar-refractivity contribution is -0.142. The number of nitrogens with zero attached hydrogens (tertiary/aromatic N) is 1. The van der Waals surface area contributed by atoms with Crippen LogP contribution in [0, 0.1) is 17.8 Å². The Morgan fingerprint density at radius 3 is 2.71 bits per heavy atom. The van der Waals surface area contributed by atoms with Gasteiger partial charge in [0.15, 0.2) is 5.60 Å². The Labute approximate surface area is 156 Å². The molecule has 2 aliphatic heterocycles. The minimum absolute atomic E-state index is 0.0659. The molecule has 0 N–H and O–H groups in total. The maximum Gasteiger partial charge on any atom is 0.416 e. The van der Waals surface area contributed by atoms with Crippen LogP contribution in [0.4, 0.5) is 18.9 Å². The highest BCUT2D eigenvalue weighted by atomic mass is 19.4. The summed E-state index contributed by atoms with van der Waals surface area (Å²) in [6.07, 6.45) is -1.10. The van der Waals surface area contributed by atoms with Gasteiger partial charge >= 0.3 is 12.1 Å². The number of amides is 2. The van der Waals surface area contributed by atoms with Gasteiger partial charge in [-0.2, -0.15) is 13.2 Å². The van der Waals surface area contributed by atoms with Crippen LogP contribution in [0.3, 0.4) is 0 Å². The molecule has 3 fully saturated rings. The number of carbonyl (C=O) groups is 3. The number of hydrogen-bond donors (Lipinski definition) is 0. The van der Waals surface area contributed by atoms with Crippen LogP contribution in [0.1, 0.15) is 12.5 Å². The first-order valence-electron chi connectivity index (χ1n) is 8.70. The summed E-state index contributed by atoms with van der Waals surface area (Å²) in [5, 5.41) is 0. The summed E-state index contributed by atoms with van der Waals surface area (Å²) in [6, 6.07) is 4.15. The summed E-state index contributed by atoms with van der Waals surface area (Å²) in [5.41, 5.74) is -2.93. The lowest BCUT2D eigenvalue weighted by Gasteiger charge is -2.41. The molecule has 1 saturated carbocycles. The van der Waals surface area contributed by atoms with Gasteiger partial charge in [0.1, 0.15) is 12.2 Å². The monoisotopic (exact) mass is 393 g/mol. The number of fused-ring (bicyclic) bond motifs is 2. The van der Waals surface area contributed by atoms with Crippen LogP contribution < -0.4 is 4.90 Å². The first-order chi connectivity index (χ1) is 13.1. The lowest BCUT2D eigenvalue weighted by atomic mass is 9.56. The Balaban J connectivity index is 1.46. The van der Waals surface area contributed by atoms with Crippen molar-refractivity contribution < 1.29 is 37.0 Å². The zero-order valence-electron chi connectivity index (χ0n) is 14.5. The number of esters is 1. The zero-order valence-corrected chi connectivity index (χ0v) is 14.5. The molecule has 5 atom stereocenters. The number of epoxide rings is 1. The minimum Gasteiger partial charge on any atom is -0.462 e. The van der Waals surface area contributed by atoms with E-state index in [0.717, 1.165) is 23.1 Å². The number of imide groups is 1.